The maximum atomic E-state index is 13.9. The molecule has 1 unspecified atom stereocenters. The number of halogens is 1. The Hall–Kier alpha value is -3.36. The fraction of sp³-hybridized carbons (Fsp3) is 0.375. The standard InChI is InChI=1S/C32H40ClN3O4S/c1-5-17-34-32(38)30(22-26-12-7-6-8-13-26)35(23-27-14-9-10-15-29(27)33)31(37)16-11-18-36(41(4,39)40)28-20-24(2)19-25(3)21-28/h6-10,12-15,19-21,30H,5,11,16-18,22-23H2,1-4H3,(H,34,38). The van der Waals surface area contributed by atoms with Crippen LogP contribution in [0.15, 0.2) is 72.8 Å². The van der Waals surface area contributed by atoms with Crippen LogP contribution in [0.25, 0.3) is 0 Å². The number of rotatable bonds is 14. The summed E-state index contributed by atoms with van der Waals surface area (Å²) >= 11 is 6.48. The maximum Gasteiger partial charge on any atom is 0.243 e. The minimum atomic E-state index is -3.58. The molecule has 0 radical (unpaired) electrons. The summed E-state index contributed by atoms with van der Waals surface area (Å²) in [6, 6.07) is 21.7. The molecule has 3 aromatic carbocycles. The first-order valence-electron chi connectivity index (χ1n) is 13.9. The first kappa shape index (κ1) is 32.2. The number of carbonyl (C=O) groups is 2. The van der Waals surface area contributed by atoms with Crippen molar-refractivity contribution in [2.75, 3.05) is 23.7 Å². The van der Waals surface area contributed by atoms with Gasteiger partial charge in [0.2, 0.25) is 21.8 Å². The number of nitrogens with zero attached hydrogens (tertiary/aromatic N) is 2. The molecule has 0 saturated carbocycles. The van der Waals surface area contributed by atoms with Gasteiger partial charge in [-0.15, -0.1) is 0 Å². The van der Waals surface area contributed by atoms with Crippen LogP contribution in [0.5, 0.6) is 0 Å². The molecule has 0 aliphatic heterocycles. The highest BCUT2D eigenvalue weighted by atomic mass is 35.5. The molecule has 0 saturated heterocycles. The molecule has 0 spiro atoms. The van der Waals surface area contributed by atoms with E-state index >= 15 is 0 Å². The fourth-order valence-electron chi connectivity index (χ4n) is 4.83. The number of hydrogen-bond acceptors (Lipinski definition) is 4. The van der Waals surface area contributed by atoms with Gasteiger partial charge < -0.3 is 10.2 Å². The van der Waals surface area contributed by atoms with Crippen molar-refractivity contribution in [1.29, 1.82) is 0 Å². The van der Waals surface area contributed by atoms with Crippen molar-refractivity contribution in [3.8, 4) is 0 Å². The molecule has 0 aromatic heterocycles. The highest BCUT2D eigenvalue weighted by Gasteiger charge is 2.30. The third-order valence-electron chi connectivity index (χ3n) is 6.77. The number of carbonyl (C=O) groups excluding carboxylic acids is 2. The van der Waals surface area contributed by atoms with Gasteiger partial charge in [0, 0.05) is 37.5 Å². The number of anilines is 1. The lowest BCUT2D eigenvalue weighted by atomic mass is 10.0. The Balaban J connectivity index is 1.89. The van der Waals surface area contributed by atoms with Crippen molar-refractivity contribution in [1.82, 2.24) is 10.2 Å². The van der Waals surface area contributed by atoms with Gasteiger partial charge in [0.15, 0.2) is 0 Å². The second-order valence-electron chi connectivity index (χ2n) is 10.4. The molecule has 0 aliphatic rings. The average molecular weight is 598 g/mol. The summed E-state index contributed by atoms with van der Waals surface area (Å²) in [5.41, 5.74) is 4.15. The molecule has 9 heteroatoms. The van der Waals surface area contributed by atoms with E-state index in [-0.39, 0.29) is 37.7 Å². The Kier molecular flexibility index (Phi) is 11.8. The highest BCUT2D eigenvalue weighted by Crippen LogP contribution is 2.24. The fourth-order valence-corrected chi connectivity index (χ4v) is 5.97. The van der Waals surface area contributed by atoms with Crippen LogP contribution in [-0.2, 0) is 32.6 Å². The molecule has 2 amide bonds. The molecule has 1 N–H and O–H groups in total. The van der Waals surface area contributed by atoms with Crippen molar-refractivity contribution in [2.45, 2.75) is 59.0 Å². The van der Waals surface area contributed by atoms with Crippen LogP contribution in [0.3, 0.4) is 0 Å². The first-order chi connectivity index (χ1) is 19.5. The summed E-state index contributed by atoms with van der Waals surface area (Å²) in [4.78, 5) is 28.9. The normalized spacial score (nSPS) is 12.0. The van der Waals surface area contributed by atoms with Crippen molar-refractivity contribution in [3.05, 3.63) is 100 Å². The van der Waals surface area contributed by atoms with E-state index < -0.39 is 16.1 Å². The lowest BCUT2D eigenvalue weighted by molar-refractivity contribution is -0.141. The van der Waals surface area contributed by atoms with Crippen LogP contribution >= 0.6 is 11.6 Å². The number of sulfonamides is 1. The molecular weight excluding hydrogens is 558 g/mol. The molecule has 3 rings (SSSR count). The van der Waals surface area contributed by atoms with E-state index in [1.807, 2.05) is 87.5 Å². The Morgan fingerprint density at radius 1 is 0.951 bits per heavy atom. The minimum Gasteiger partial charge on any atom is -0.354 e. The molecular formula is C32H40ClN3O4S. The van der Waals surface area contributed by atoms with E-state index in [4.69, 9.17) is 11.6 Å². The molecule has 0 aliphatic carbocycles. The minimum absolute atomic E-state index is 0.0631. The third-order valence-corrected chi connectivity index (χ3v) is 8.33. The zero-order valence-electron chi connectivity index (χ0n) is 24.3. The number of amides is 2. The SMILES string of the molecule is CCCNC(=O)C(Cc1ccccc1)N(Cc1ccccc1Cl)C(=O)CCCN(c1cc(C)cc(C)c1)S(C)(=O)=O. The number of benzene rings is 3. The van der Waals surface area contributed by atoms with Crippen LogP contribution in [0.2, 0.25) is 5.02 Å². The van der Waals surface area contributed by atoms with Gasteiger partial charge in [-0.2, -0.15) is 0 Å². The Morgan fingerprint density at radius 3 is 2.20 bits per heavy atom. The maximum absolute atomic E-state index is 13.9. The van der Waals surface area contributed by atoms with Gasteiger partial charge in [0.05, 0.1) is 11.9 Å². The van der Waals surface area contributed by atoms with E-state index in [1.165, 1.54) is 10.6 Å². The zero-order chi connectivity index (χ0) is 30.0. The number of nitrogens with one attached hydrogen (secondary N) is 1. The van der Waals surface area contributed by atoms with Crippen LogP contribution in [-0.4, -0.2) is 50.5 Å². The lowest BCUT2D eigenvalue weighted by Gasteiger charge is -2.32. The van der Waals surface area contributed by atoms with Gasteiger partial charge in [-0.25, -0.2) is 8.42 Å². The Morgan fingerprint density at radius 2 is 1.59 bits per heavy atom. The zero-order valence-corrected chi connectivity index (χ0v) is 25.8. The molecule has 3 aromatic rings. The van der Waals surface area contributed by atoms with Crippen LogP contribution in [0, 0.1) is 13.8 Å². The summed E-state index contributed by atoms with van der Waals surface area (Å²) < 4.78 is 26.8. The van der Waals surface area contributed by atoms with Gasteiger partial charge in [-0.3, -0.25) is 13.9 Å². The summed E-state index contributed by atoms with van der Waals surface area (Å²) in [7, 11) is -3.58. The number of aryl methyl sites for hydroxylation is 2. The smallest absolute Gasteiger partial charge is 0.243 e. The second kappa shape index (κ2) is 15.0. The molecule has 0 bridgehead atoms. The Labute approximate surface area is 249 Å². The second-order valence-corrected chi connectivity index (χ2v) is 12.7. The molecule has 0 heterocycles. The average Bonchev–Trinajstić information content (AvgIpc) is 2.91. The van der Waals surface area contributed by atoms with E-state index in [0.717, 1.165) is 28.7 Å². The van der Waals surface area contributed by atoms with Gasteiger partial charge >= 0.3 is 0 Å². The first-order valence-corrected chi connectivity index (χ1v) is 16.1. The van der Waals surface area contributed by atoms with Crippen LogP contribution in [0.4, 0.5) is 5.69 Å². The van der Waals surface area contributed by atoms with Gasteiger partial charge in [0.25, 0.3) is 0 Å². The quantitative estimate of drug-likeness (QED) is 0.259. The van der Waals surface area contributed by atoms with Gasteiger partial charge in [-0.1, -0.05) is 73.1 Å². The van der Waals surface area contributed by atoms with Crippen molar-refractivity contribution in [2.24, 2.45) is 0 Å². The molecule has 1 atom stereocenters. The largest absolute Gasteiger partial charge is 0.354 e. The van der Waals surface area contributed by atoms with Gasteiger partial charge in [0.1, 0.15) is 6.04 Å². The van der Waals surface area contributed by atoms with Crippen molar-refractivity contribution in [3.63, 3.8) is 0 Å². The van der Waals surface area contributed by atoms with Crippen LogP contribution < -0.4 is 9.62 Å². The molecule has 7 nitrogen and oxygen atoms in total. The van der Waals surface area contributed by atoms with Crippen LogP contribution in [0.1, 0.15) is 48.4 Å². The summed E-state index contributed by atoms with van der Waals surface area (Å²) in [5, 5.41) is 3.47. The summed E-state index contributed by atoms with van der Waals surface area (Å²) in [6.45, 7) is 6.61. The summed E-state index contributed by atoms with van der Waals surface area (Å²) in [5.74, 6) is -0.476. The van der Waals surface area contributed by atoms with Crippen molar-refractivity contribution >= 4 is 39.1 Å². The molecule has 41 heavy (non-hydrogen) atoms. The van der Waals surface area contributed by atoms with Gasteiger partial charge in [-0.05, 0) is 67.1 Å². The monoisotopic (exact) mass is 597 g/mol. The van der Waals surface area contributed by atoms with E-state index in [0.29, 0.717) is 23.7 Å². The molecule has 220 valence electrons. The van der Waals surface area contributed by atoms with E-state index in [2.05, 4.69) is 5.32 Å². The highest BCUT2D eigenvalue weighted by molar-refractivity contribution is 7.92. The summed E-state index contributed by atoms with van der Waals surface area (Å²) in [6.07, 6.45) is 2.62. The number of hydrogen-bond donors (Lipinski definition) is 1. The Bertz CT molecular complexity index is 1410. The predicted molar refractivity (Wildman–Crippen MR) is 167 cm³/mol. The molecule has 0 fully saturated rings. The third kappa shape index (κ3) is 9.61. The van der Waals surface area contributed by atoms with Crippen molar-refractivity contribution < 1.29 is 18.0 Å². The van der Waals surface area contributed by atoms with E-state index in [9.17, 15) is 18.0 Å². The van der Waals surface area contributed by atoms with E-state index in [1.54, 1.807) is 11.0 Å². The lowest BCUT2D eigenvalue weighted by Crippen LogP contribution is -2.50. The predicted octanol–water partition coefficient (Wildman–Crippen LogP) is 5.67. The topological polar surface area (TPSA) is 86.8 Å².